The van der Waals surface area contributed by atoms with Crippen LogP contribution in [0.4, 0.5) is 26.7 Å². The first-order chi connectivity index (χ1) is 19.6. The molecule has 0 bridgehead atoms. The largest absolute Gasteiger partial charge is 0.487 e. The van der Waals surface area contributed by atoms with E-state index in [1.807, 2.05) is 25.1 Å². The number of anilines is 3. The number of aromatic nitrogens is 1. The fraction of sp³-hybridized carbons (Fsp3) is 0.379. The van der Waals surface area contributed by atoms with Crippen LogP contribution in [-0.4, -0.2) is 76.9 Å². The lowest BCUT2D eigenvalue weighted by molar-refractivity contribution is 0.0371. The maximum atomic E-state index is 13.7. The molecule has 0 radical (unpaired) electrons. The van der Waals surface area contributed by atoms with Gasteiger partial charge in [0.15, 0.2) is 5.76 Å². The van der Waals surface area contributed by atoms with Crippen LogP contribution in [0.5, 0.6) is 5.75 Å². The second-order valence-corrected chi connectivity index (χ2v) is 10.3. The van der Waals surface area contributed by atoms with Gasteiger partial charge >= 0.3 is 12.1 Å². The molecule has 4 rings (SSSR count). The van der Waals surface area contributed by atoms with Gasteiger partial charge in [-0.25, -0.2) is 9.59 Å². The molecule has 12 nitrogen and oxygen atoms in total. The smallest absolute Gasteiger partial charge is 0.323 e. The van der Waals surface area contributed by atoms with Crippen LogP contribution in [-0.2, 0) is 0 Å². The number of hydrogen-bond acceptors (Lipinski definition) is 7. The van der Waals surface area contributed by atoms with Crippen molar-refractivity contribution in [2.24, 2.45) is 5.92 Å². The molecule has 3 aromatic rings. The molecule has 0 spiro atoms. The highest BCUT2D eigenvalue weighted by molar-refractivity contribution is 6.02. The Labute approximate surface area is 238 Å². The number of carbonyl (C=O) groups is 3. The first-order valence-electron chi connectivity index (χ1n) is 13.4. The maximum absolute atomic E-state index is 13.7. The number of nitrogens with zero attached hydrogens (tertiary/aromatic N) is 3. The summed E-state index contributed by atoms with van der Waals surface area (Å²) in [4.78, 5) is 42.3. The molecule has 0 unspecified atom stereocenters. The average Bonchev–Trinajstić information content (AvgIpc) is 3.27. The van der Waals surface area contributed by atoms with E-state index in [9.17, 15) is 19.5 Å². The molecule has 2 heterocycles. The number of urea groups is 2. The minimum atomic E-state index is -0.490. The molecule has 1 aliphatic rings. The van der Waals surface area contributed by atoms with Gasteiger partial charge in [-0.15, -0.1) is 0 Å². The average molecular weight is 565 g/mol. The summed E-state index contributed by atoms with van der Waals surface area (Å²) in [5.74, 6) is 0.298. The highest BCUT2D eigenvalue weighted by Gasteiger charge is 2.34. The maximum Gasteiger partial charge on any atom is 0.323 e. The molecule has 218 valence electrons. The molecule has 0 saturated heterocycles. The molecule has 12 heteroatoms. The molecule has 0 saturated carbocycles. The van der Waals surface area contributed by atoms with Crippen molar-refractivity contribution in [2.75, 3.05) is 42.7 Å². The van der Waals surface area contributed by atoms with Crippen molar-refractivity contribution in [1.82, 2.24) is 15.0 Å². The van der Waals surface area contributed by atoms with Gasteiger partial charge in [-0.3, -0.25) is 4.79 Å². The van der Waals surface area contributed by atoms with Crippen LogP contribution in [0.2, 0.25) is 0 Å². The zero-order chi connectivity index (χ0) is 29.7. The minimum absolute atomic E-state index is 0.190. The third-order valence-electron chi connectivity index (χ3n) is 7.02. The Kier molecular flexibility index (Phi) is 9.13. The fourth-order valence-corrected chi connectivity index (χ4v) is 4.55. The van der Waals surface area contributed by atoms with Gasteiger partial charge in [0.05, 0.1) is 24.8 Å². The summed E-state index contributed by atoms with van der Waals surface area (Å²) in [5.41, 5.74) is 2.35. The molecule has 41 heavy (non-hydrogen) atoms. The van der Waals surface area contributed by atoms with Crippen LogP contribution in [0.3, 0.4) is 0 Å². The number of rotatable bonds is 7. The number of aliphatic hydroxyl groups is 1. The first kappa shape index (κ1) is 29.4. The molecular weight excluding hydrogens is 528 g/mol. The van der Waals surface area contributed by atoms with Gasteiger partial charge in [0, 0.05) is 30.9 Å². The highest BCUT2D eigenvalue weighted by atomic mass is 16.5. The molecule has 0 aliphatic carbocycles. The van der Waals surface area contributed by atoms with Crippen molar-refractivity contribution < 1.29 is 28.8 Å². The summed E-state index contributed by atoms with van der Waals surface area (Å²) < 4.78 is 11.5. The molecule has 1 aromatic heterocycles. The standard InChI is InChI=1S/C29H36N6O6/c1-17-14-35(18(2)16-36)27(37)23-13-22(31-28(38)30-21-9-7-6-8-10-21)11-12-24(23)40-25(17)15-34(5)29(39)32-26-19(3)33-41-20(26)4/h6-13,17-18,25,36H,14-16H2,1-5H3,(H,32,39)(H2,30,31,38)/t17-,18-,25-/m1/s1. The predicted octanol–water partition coefficient (Wildman–Crippen LogP) is 4.32. The number of nitrogens with one attached hydrogen (secondary N) is 3. The van der Waals surface area contributed by atoms with Crippen LogP contribution in [0.25, 0.3) is 0 Å². The summed E-state index contributed by atoms with van der Waals surface area (Å²) in [6.07, 6.45) is -0.490. The van der Waals surface area contributed by atoms with E-state index in [0.29, 0.717) is 34.3 Å². The first-order valence-corrected chi connectivity index (χ1v) is 13.4. The summed E-state index contributed by atoms with van der Waals surface area (Å²) in [5, 5.41) is 22.1. The molecule has 0 fully saturated rings. The van der Waals surface area contributed by atoms with Crippen molar-refractivity contribution in [2.45, 2.75) is 39.8 Å². The van der Waals surface area contributed by atoms with Crippen LogP contribution in [0, 0.1) is 19.8 Å². The van der Waals surface area contributed by atoms with Gasteiger partial charge in [-0.2, -0.15) is 0 Å². The molecule has 1 aliphatic heterocycles. The summed E-state index contributed by atoms with van der Waals surface area (Å²) in [7, 11) is 1.65. The monoisotopic (exact) mass is 564 g/mol. The predicted molar refractivity (Wildman–Crippen MR) is 154 cm³/mol. The lowest BCUT2D eigenvalue weighted by Gasteiger charge is -2.38. The summed E-state index contributed by atoms with van der Waals surface area (Å²) in [6, 6.07) is 12.5. The van der Waals surface area contributed by atoms with E-state index in [4.69, 9.17) is 9.26 Å². The summed E-state index contributed by atoms with van der Waals surface area (Å²) in [6.45, 7) is 7.43. The van der Waals surface area contributed by atoms with E-state index in [2.05, 4.69) is 21.1 Å². The molecular formula is C29H36N6O6. The van der Waals surface area contributed by atoms with E-state index in [1.54, 1.807) is 63.1 Å². The van der Waals surface area contributed by atoms with Crippen molar-refractivity contribution >= 4 is 35.0 Å². The van der Waals surface area contributed by atoms with Gasteiger partial charge in [0.25, 0.3) is 5.91 Å². The number of carbonyl (C=O) groups excluding carboxylic acids is 3. The van der Waals surface area contributed by atoms with Crippen molar-refractivity contribution in [3.8, 4) is 5.75 Å². The van der Waals surface area contributed by atoms with Gasteiger partial charge < -0.3 is 40.1 Å². The van der Waals surface area contributed by atoms with E-state index in [0.717, 1.165) is 0 Å². The van der Waals surface area contributed by atoms with E-state index < -0.39 is 18.2 Å². The highest BCUT2D eigenvalue weighted by Crippen LogP contribution is 2.31. The van der Waals surface area contributed by atoms with E-state index in [-0.39, 0.29) is 43.1 Å². The number of ether oxygens (including phenoxy) is 1. The zero-order valence-electron chi connectivity index (χ0n) is 23.8. The Balaban J connectivity index is 1.56. The zero-order valence-corrected chi connectivity index (χ0v) is 23.8. The number of amides is 5. The third kappa shape index (κ3) is 6.95. The Bertz CT molecular complexity index is 1370. The number of fused-ring (bicyclic) bond motifs is 1. The minimum Gasteiger partial charge on any atom is -0.487 e. The normalized spacial score (nSPS) is 17.4. The molecule has 2 aromatic carbocycles. The van der Waals surface area contributed by atoms with Crippen molar-refractivity contribution in [3.63, 3.8) is 0 Å². The van der Waals surface area contributed by atoms with Crippen LogP contribution in [0.1, 0.15) is 35.7 Å². The Morgan fingerprint density at radius 3 is 2.49 bits per heavy atom. The second-order valence-electron chi connectivity index (χ2n) is 10.3. The van der Waals surface area contributed by atoms with Crippen molar-refractivity contribution in [1.29, 1.82) is 0 Å². The number of aryl methyl sites for hydroxylation is 2. The van der Waals surface area contributed by atoms with Gasteiger partial charge in [0.2, 0.25) is 0 Å². The Hall–Kier alpha value is -4.58. The molecule has 4 N–H and O–H groups in total. The van der Waals surface area contributed by atoms with Crippen LogP contribution < -0.4 is 20.7 Å². The summed E-state index contributed by atoms with van der Waals surface area (Å²) >= 11 is 0. The quantitative estimate of drug-likeness (QED) is 0.334. The van der Waals surface area contributed by atoms with E-state index >= 15 is 0 Å². The van der Waals surface area contributed by atoms with Crippen LogP contribution in [0.15, 0.2) is 53.1 Å². The Morgan fingerprint density at radius 2 is 1.83 bits per heavy atom. The number of benzene rings is 2. The Morgan fingerprint density at radius 1 is 1.12 bits per heavy atom. The fourth-order valence-electron chi connectivity index (χ4n) is 4.55. The van der Waals surface area contributed by atoms with Gasteiger partial charge in [-0.1, -0.05) is 30.3 Å². The molecule has 5 amide bonds. The van der Waals surface area contributed by atoms with E-state index in [1.165, 1.54) is 4.90 Å². The van der Waals surface area contributed by atoms with Gasteiger partial charge in [0.1, 0.15) is 23.2 Å². The lowest BCUT2D eigenvalue weighted by Crippen LogP contribution is -2.50. The number of hydrogen-bond donors (Lipinski definition) is 4. The number of para-hydroxylation sites is 1. The topological polar surface area (TPSA) is 149 Å². The lowest BCUT2D eigenvalue weighted by atomic mass is 9.99. The number of likely N-dealkylation sites (N-methyl/N-ethyl adjacent to an activating group) is 1. The van der Waals surface area contributed by atoms with Crippen molar-refractivity contribution in [3.05, 3.63) is 65.5 Å². The third-order valence-corrected chi connectivity index (χ3v) is 7.02. The van der Waals surface area contributed by atoms with Crippen LogP contribution >= 0.6 is 0 Å². The number of aliphatic hydroxyl groups excluding tert-OH is 1. The SMILES string of the molecule is Cc1noc(C)c1NC(=O)N(C)C[C@H]1Oc2ccc(NC(=O)Nc3ccccc3)cc2C(=O)N([C@H](C)CO)C[C@H]1C. The molecule has 3 atom stereocenters. The van der Waals surface area contributed by atoms with Gasteiger partial charge in [-0.05, 0) is 51.1 Å². The second kappa shape index (κ2) is 12.7.